The molecule has 0 amide bonds. The summed E-state index contributed by atoms with van der Waals surface area (Å²) < 4.78 is 1.71. The third kappa shape index (κ3) is 2.02. The molecule has 2 heterocycles. The molecule has 0 radical (unpaired) electrons. The molecule has 0 aromatic carbocycles. The van der Waals surface area contributed by atoms with Gasteiger partial charge in [0, 0.05) is 0 Å². The fraction of sp³-hybridized carbons (Fsp3) is 0.750. The zero-order chi connectivity index (χ0) is 12.6. The lowest BCUT2D eigenvalue weighted by Gasteiger charge is -2.25. The molecule has 0 bridgehead atoms. The number of nitrogens with two attached hydrogens (primary N) is 1. The van der Waals surface area contributed by atoms with E-state index in [1.165, 1.54) is 11.5 Å². The second-order valence-corrected chi connectivity index (χ2v) is 6.43. The van der Waals surface area contributed by atoms with Crippen molar-refractivity contribution in [1.82, 2.24) is 15.0 Å². The minimum atomic E-state index is -0.423. The Labute approximate surface area is 111 Å². The largest absolute Gasteiger partial charge is 0.322 e. The molecular weight excluding hydrogens is 246 g/mol. The van der Waals surface area contributed by atoms with E-state index in [2.05, 4.69) is 16.4 Å². The standard InChI is InChI=1S/C12H17N5S/c13-8-12(3-4-12)17-7-10(15-16-17)11(14)9-1-5-18-6-2-9/h7,9,11H,1-6,14H2/t11-/m0/s1. The number of rotatable bonds is 3. The van der Waals surface area contributed by atoms with Crippen molar-refractivity contribution in [3.8, 4) is 6.07 Å². The maximum atomic E-state index is 9.13. The second kappa shape index (κ2) is 4.56. The van der Waals surface area contributed by atoms with Gasteiger partial charge in [0.2, 0.25) is 0 Å². The molecule has 1 atom stereocenters. The van der Waals surface area contributed by atoms with Crippen molar-refractivity contribution < 1.29 is 0 Å². The van der Waals surface area contributed by atoms with Crippen LogP contribution in [0.15, 0.2) is 6.20 Å². The highest BCUT2D eigenvalue weighted by atomic mass is 32.2. The third-order valence-electron chi connectivity index (χ3n) is 4.00. The highest BCUT2D eigenvalue weighted by molar-refractivity contribution is 7.99. The predicted octanol–water partition coefficient (Wildman–Crippen LogP) is 1.43. The number of hydrogen-bond donors (Lipinski definition) is 1. The molecule has 3 rings (SSSR count). The number of hydrogen-bond acceptors (Lipinski definition) is 5. The van der Waals surface area contributed by atoms with Gasteiger partial charge in [-0.3, -0.25) is 0 Å². The smallest absolute Gasteiger partial charge is 0.150 e. The van der Waals surface area contributed by atoms with E-state index in [-0.39, 0.29) is 6.04 Å². The van der Waals surface area contributed by atoms with Crippen molar-refractivity contribution in [3.05, 3.63) is 11.9 Å². The van der Waals surface area contributed by atoms with Gasteiger partial charge in [-0.05, 0) is 43.1 Å². The molecule has 1 aliphatic heterocycles. The molecule has 2 N–H and O–H groups in total. The van der Waals surface area contributed by atoms with Crippen LogP contribution in [0.4, 0.5) is 0 Å². The number of nitriles is 1. The van der Waals surface area contributed by atoms with Crippen molar-refractivity contribution in [1.29, 1.82) is 5.26 Å². The Hall–Kier alpha value is -1.06. The van der Waals surface area contributed by atoms with Crippen molar-refractivity contribution in [2.24, 2.45) is 11.7 Å². The van der Waals surface area contributed by atoms with E-state index in [1.807, 2.05) is 18.0 Å². The van der Waals surface area contributed by atoms with Gasteiger partial charge in [0.05, 0.1) is 24.0 Å². The normalized spacial score (nSPS) is 24.4. The second-order valence-electron chi connectivity index (χ2n) is 5.21. The first-order valence-electron chi connectivity index (χ1n) is 6.42. The van der Waals surface area contributed by atoms with Gasteiger partial charge in [-0.2, -0.15) is 17.0 Å². The van der Waals surface area contributed by atoms with Gasteiger partial charge in [0.1, 0.15) is 0 Å². The summed E-state index contributed by atoms with van der Waals surface area (Å²) in [4.78, 5) is 0. The molecule has 18 heavy (non-hydrogen) atoms. The summed E-state index contributed by atoms with van der Waals surface area (Å²) in [5.74, 6) is 2.89. The summed E-state index contributed by atoms with van der Waals surface area (Å²) in [6, 6.07) is 2.28. The van der Waals surface area contributed by atoms with Crippen LogP contribution in [0.2, 0.25) is 0 Å². The topological polar surface area (TPSA) is 80.5 Å². The average molecular weight is 263 g/mol. The summed E-state index contributed by atoms with van der Waals surface area (Å²) >= 11 is 1.99. The Bertz CT molecular complexity index is 467. The average Bonchev–Trinajstić information content (AvgIpc) is 3.08. The van der Waals surface area contributed by atoms with E-state index in [4.69, 9.17) is 11.0 Å². The van der Waals surface area contributed by atoms with Crippen molar-refractivity contribution in [2.45, 2.75) is 37.3 Å². The number of thioether (sulfide) groups is 1. The number of aromatic nitrogens is 3. The van der Waals surface area contributed by atoms with Crippen LogP contribution in [0, 0.1) is 17.2 Å². The zero-order valence-corrected chi connectivity index (χ0v) is 11.1. The van der Waals surface area contributed by atoms with Gasteiger partial charge in [-0.1, -0.05) is 5.21 Å². The first kappa shape index (κ1) is 12.0. The van der Waals surface area contributed by atoms with Gasteiger partial charge in [-0.25, -0.2) is 4.68 Å². The maximum Gasteiger partial charge on any atom is 0.150 e. The van der Waals surface area contributed by atoms with Crippen LogP contribution in [0.1, 0.15) is 37.4 Å². The summed E-state index contributed by atoms with van der Waals surface area (Å²) in [6.45, 7) is 0. The Kier molecular flexibility index (Phi) is 3.04. The lowest BCUT2D eigenvalue weighted by Crippen LogP contribution is -2.25. The molecule has 5 nitrogen and oxygen atoms in total. The summed E-state index contributed by atoms with van der Waals surface area (Å²) in [5, 5.41) is 17.4. The Morgan fingerprint density at radius 1 is 1.50 bits per heavy atom. The Morgan fingerprint density at radius 3 is 2.83 bits per heavy atom. The summed E-state index contributed by atoms with van der Waals surface area (Å²) in [5.41, 5.74) is 6.70. The molecule has 1 aromatic rings. The molecule has 96 valence electrons. The monoisotopic (exact) mass is 263 g/mol. The number of nitrogens with zero attached hydrogens (tertiary/aromatic N) is 4. The lowest BCUT2D eigenvalue weighted by molar-refractivity contribution is 0.397. The molecule has 2 aliphatic rings. The maximum absolute atomic E-state index is 9.13. The van der Waals surface area contributed by atoms with Crippen LogP contribution in [0.5, 0.6) is 0 Å². The molecule has 2 fully saturated rings. The Morgan fingerprint density at radius 2 is 2.22 bits per heavy atom. The van der Waals surface area contributed by atoms with Crippen LogP contribution < -0.4 is 5.73 Å². The summed E-state index contributed by atoms with van der Waals surface area (Å²) in [6.07, 6.45) is 5.94. The molecule has 1 saturated carbocycles. The van der Waals surface area contributed by atoms with Crippen molar-refractivity contribution in [3.63, 3.8) is 0 Å². The van der Waals surface area contributed by atoms with Gasteiger partial charge in [-0.15, -0.1) is 5.10 Å². The van der Waals surface area contributed by atoms with E-state index in [9.17, 15) is 0 Å². The van der Waals surface area contributed by atoms with Crippen LogP contribution in [0.25, 0.3) is 0 Å². The zero-order valence-electron chi connectivity index (χ0n) is 10.2. The molecule has 1 aliphatic carbocycles. The summed E-state index contributed by atoms with van der Waals surface area (Å²) in [7, 11) is 0. The fourth-order valence-corrected chi connectivity index (χ4v) is 3.61. The fourth-order valence-electron chi connectivity index (χ4n) is 2.47. The first-order valence-corrected chi connectivity index (χ1v) is 7.58. The van der Waals surface area contributed by atoms with E-state index in [1.54, 1.807) is 4.68 Å². The molecule has 1 saturated heterocycles. The highest BCUT2D eigenvalue weighted by Crippen LogP contribution is 2.42. The molecule has 0 unspecified atom stereocenters. The minimum absolute atomic E-state index is 0.0332. The predicted molar refractivity (Wildman–Crippen MR) is 69.8 cm³/mol. The highest BCUT2D eigenvalue weighted by Gasteiger charge is 2.46. The van der Waals surface area contributed by atoms with E-state index < -0.39 is 5.54 Å². The quantitative estimate of drug-likeness (QED) is 0.892. The van der Waals surface area contributed by atoms with Gasteiger partial charge in [0.25, 0.3) is 0 Å². The molecule has 6 heteroatoms. The van der Waals surface area contributed by atoms with Crippen LogP contribution in [-0.4, -0.2) is 26.5 Å². The third-order valence-corrected chi connectivity index (χ3v) is 5.05. The van der Waals surface area contributed by atoms with Crippen LogP contribution in [0.3, 0.4) is 0 Å². The minimum Gasteiger partial charge on any atom is -0.322 e. The molecule has 0 spiro atoms. The Balaban J connectivity index is 1.75. The first-order chi connectivity index (χ1) is 8.75. The van der Waals surface area contributed by atoms with Gasteiger partial charge in [0.15, 0.2) is 5.54 Å². The van der Waals surface area contributed by atoms with Crippen LogP contribution in [-0.2, 0) is 5.54 Å². The van der Waals surface area contributed by atoms with Gasteiger partial charge < -0.3 is 5.73 Å². The van der Waals surface area contributed by atoms with E-state index in [0.29, 0.717) is 5.92 Å². The lowest BCUT2D eigenvalue weighted by atomic mass is 9.92. The van der Waals surface area contributed by atoms with Crippen molar-refractivity contribution in [2.75, 3.05) is 11.5 Å². The molecule has 1 aromatic heterocycles. The molecular formula is C12H17N5S. The SMILES string of the molecule is N#CC1(n2cc([C@@H](N)C3CCSCC3)nn2)CC1. The van der Waals surface area contributed by atoms with Crippen LogP contribution >= 0.6 is 11.8 Å². The van der Waals surface area contributed by atoms with E-state index in [0.717, 1.165) is 31.4 Å². The van der Waals surface area contributed by atoms with E-state index >= 15 is 0 Å². The van der Waals surface area contributed by atoms with Gasteiger partial charge >= 0.3 is 0 Å². The van der Waals surface area contributed by atoms with Crippen molar-refractivity contribution >= 4 is 11.8 Å².